The summed E-state index contributed by atoms with van der Waals surface area (Å²) in [5, 5.41) is 2.87. The first-order valence-corrected chi connectivity index (χ1v) is 11.2. The molecule has 0 saturated carbocycles. The highest BCUT2D eigenvalue weighted by Gasteiger charge is 2.26. The summed E-state index contributed by atoms with van der Waals surface area (Å²) in [6.07, 6.45) is 0.827. The molecule has 0 aromatic heterocycles. The SMILES string of the molecule is CCCNC(=O)[C@@H](C)N(Cc1cccc(OC)c1)C(=O)COc1cc(C)c(Br)c(C)c1. The molecule has 0 unspecified atom stereocenters. The van der Waals surface area contributed by atoms with Gasteiger partial charge in [0, 0.05) is 17.6 Å². The van der Waals surface area contributed by atoms with Crippen LogP contribution in [0.25, 0.3) is 0 Å². The average Bonchev–Trinajstić information content (AvgIpc) is 2.77. The van der Waals surface area contributed by atoms with E-state index in [0.717, 1.165) is 27.6 Å². The summed E-state index contributed by atoms with van der Waals surface area (Å²) in [5.41, 5.74) is 2.93. The highest BCUT2D eigenvalue weighted by Crippen LogP contribution is 2.26. The fourth-order valence-electron chi connectivity index (χ4n) is 3.16. The third-order valence-corrected chi connectivity index (χ3v) is 6.23. The smallest absolute Gasteiger partial charge is 0.261 e. The monoisotopic (exact) mass is 490 g/mol. The van der Waals surface area contributed by atoms with Gasteiger partial charge in [0.05, 0.1) is 7.11 Å². The topological polar surface area (TPSA) is 67.9 Å². The minimum atomic E-state index is -0.637. The van der Waals surface area contributed by atoms with Crippen molar-refractivity contribution in [3.8, 4) is 11.5 Å². The number of hydrogen-bond acceptors (Lipinski definition) is 4. The maximum absolute atomic E-state index is 13.1. The van der Waals surface area contributed by atoms with Crippen molar-refractivity contribution in [3.05, 3.63) is 57.6 Å². The lowest BCUT2D eigenvalue weighted by molar-refractivity contribution is -0.142. The number of ether oxygens (including phenoxy) is 2. The zero-order valence-electron chi connectivity index (χ0n) is 18.8. The fraction of sp³-hybridized carbons (Fsp3) is 0.417. The summed E-state index contributed by atoms with van der Waals surface area (Å²) in [7, 11) is 1.60. The molecule has 0 aliphatic carbocycles. The molecule has 0 heterocycles. The largest absolute Gasteiger partial charge is 0.497 e. The van der Waals surface area contributed by atoms with Gasteiger partial charge in [-0.1, -0.05) is 35.0 Å². The Kier molecular flexibility index (Phi) is 9.37. The molecule has 0 aliphatic heterocycles. The van der Waals surface area contributed by atoms with Crippen molar-refractivity contribution in [3.63, 3.8) is 0 Å². The highest BCUT2D eigenvalue weighted by molar-refractivity contribution is 9.10. The first-order chi connectivity index (χ1) is 14.8. The van der Waals surface area contributed by atoms with Crippen molar-refractivity contribution in [2.24, 2.45) is 0 Å². The third kappa shape index (κ3) is 6.99. The van der Waals surface area contributed by atoms with Crippen molar-refractivity contribution >= 4 is 27.7 Å². The minimum absolute atomic E-state index is 0.157. The van der Waals surface area contributed by atoms with Crippen molar-refractivity contribution in [1.82, 2.24) is 10.2 Å². The van der Waals surface area contributed by atoms with Crippen LogP contribution in [0.15, 0.2) is 40.9 Å². The van der Waals surface area contributed by atoms with E-state index in [4.69, 9.17) is 9.47 Å². The van der Waals surface area contributed by atoms with Crippen LogP contribution >= 0.6 is 15.9 Å². The number of aryl methyl sites for hydroxylation is 2. The van der Waals surface area contributed by atoms with Gasteiger partial charge in [-0.2, -0.15) is 0 Å². The van der Waals surface area contributed by atoms with Crippen molar-refractivity contribution in [2.75, 3.05) is 20.3 Å². The van der Waals surface area contributed by atoms with Crippen molar-refractivity contribution < 1.29 is 19.1 Å². The molecular weight excluding hydrogens is 460 g/mol. The lowest BCUT2D eigenvalue weighted by atomic mass is 10.1. The van der Waals surface area contributed by atoms with Crippen LogP contribution in [0.5, 0.6) is 11.5 Å². The highest BCUT2D eigenvalue weighted by atomic mass is 79.9. The molecule has 1 atom stereocenters. The zero-order chi connectivity index (χ0) is 23.0. The van der Waals surface area contributed by atoms with Gasteiger partial charge in [-0.25, -0.2) is 0 Å². The molecular formula is C24H31BrN2O4. The Balaban J connectivity index is 2.19. The normalized spacial score (nSPS) is 11.5. The van der Waals surface area contributed by atoms with Crippen molar-refractivity contribution in [1.29, 1.82) is 0 Å². The van der Waals surface area contributed by atoms with E-state index in [9.17, 15) is 9.59 Å². The summed E-state index contributed by atoms with van der Waals surface area (Å²) in [6, 6.07) is 10.6. The number of methoxy groups -OCH3 is 1. The van der Waals surface area contributed by atoms with Crippen LogP contribution in [0.4, 0.5) is 0 Å². The number of benzene rings is 2. The molecule has 168 valence electrons. The molecule has 1 N–H and O–H groups in total. The number of carbonyl (C=O) groups excluding carboxylic acids is 2. The van der Waals surface area contributed by atoms with Gasteiger partial charge in [0.25, 0.3) is 5.91 Å². The second kappa shape index (κ2) is 11.7. The second-order valence-electron chi connectivity index (χ2n) is 7.50. The van der Waals surface area contributed by atoms with Gasteiger partial charge in [0.15, 0.2) is 6.61 Å². The number of halogens is 1. The number of rotatable bonds is 10. The van der Waals surface area contributed by atoms with Crippen LogP contribution in [0.1, 0.15) is 37.0 Å². The summed E-state index contributed by atoms with van der Waals surface area (Å²) in [4.78, 5) is 27.2. The molecule has 2 rings (SSSR count). The second-order valence-corrected chi connectivity index (χ2v) is 8.29. The van der Waals surface area contributed by atoms with E-state index < -0.39 is 6.04 Å². The Morgan fingerprint density at radius 1 is 1.13 bits per heavy atom. The molecule has 6 nitrogen and oxygen atoms in total. The molecule has 0 bridgehead atoms. The van der Waals surface area contributed by atoms with Crippen LogP contribution in [0.2, 0.25) is 0 Å². The van der Waals surface area contributed by atoms with Gasteiger partial charge < -0.3 is 19.7 Å². The molecule has 2 amide bonds. The fourth-order valence-corrected chi connectivity index (χ4v) is 3.39. The molecule has 2 aromatic carbocycles. The van der Waals surface area contributed by atoms with Crippen LogP contribution in [0, 0.1) is 13.8 Å². The zero-order valence-corrected chi connectivity index (χ0v) is 20.4. The average molecular weight is 491 g/mol. The Morgan fingerprint density at radius 2 is 1.81 bits per heavy atom. The first-order valence-electron chi connectivity index (χ1n) is 10.4. The first kappa shape index (κ1) is 24.7. The minimum Gasteiger partial charge on any atom is -0.497 e. The van der Waals surface area contributed by atoms with Gasteiger partial charge in [0.2, 0.25) is 5.91 Å². The van der Waals surface area contributed by atoms with E-state index in [1.54, 1.807) is 18.9 Å². The van der Waals surface area contributed by atoms with E-state index in [1.807, 2.05) is 57.2 Å². The summed E-state index contributed by atoms with van der Waals surface area (Å²) in [5.74, 6) is 0.870. The van der Waals surface area contributed by atoms with E-state index >= 15 is 0 Å². The standard InChI is InChI=1S/C24H31BrN2O4/c1-6-10-26-24(29)18(4)27(14-19-8-7-9-20(13-19)30-5)22(28)15-31-21-11-16(2)23(25)17(3)12-21/h7-9,11-13,18H,6,10,14-15H2,1-5H3,(H,26,29)/t18-/m1/s1. The maximum Gasteiger partial charge on any atom is 0.261 e. The van der Waals surface area contributed by atoms with Crippen LogP contribution in [-0.4, -0.2) is 43.0 Å². The number of nitrogens with one attached hydrogen (secondary N) is 1. The lowest BCUT2D eigenvalue weighted by Gasteiger charge is -2.29. The van der Waals surface area contributed by atoms with E-state index in [1.165, 1.54) is 0 Å². The van der Waals surface area contributed by atoms with Crippen molar-refractivity contribution in [2.45, 2.75) is 46.7 Å². The summed E-state index contributed by atoms with van der Waals surface area (Å²) >= 11 is 3.54. The molecule has 0 fully saturated rings. The Labute approximate surface area is 193 Å². The molecule has 31 heavy (non-hydrogen) atoms. The van der Waals surface area contributed by atoms with Gasteiger partial charge in [0.1, 0.15) is 17.5 Å². The van der Waals surface area contributed by atoms with Crippen LogP contribution < -0.4 is 14.8 Å². The third-order valence-electron chi connectivity index (χ3n) is 4.98. The van der Waals surface area contributed by atoms with Gasteiger partial charge >= 0.3 is 0 Å². The van der Waals surface area contributed by atoms with E-state index in [-0.39, 0.29) is 25.0 Å². The maximum atomic E-state index is 13.1. The lowest BCUT2D eigenvalue weighted by Crippen LogP contribution is -2.49. The molecule has 0 aliphatic rings. The quantitative estimate of drug-likeness (QED) is 0.535. The number of hydrogen-bond donors (Lipinski definition) is 1. The van der Waals surface area contributed by atoms with Gasteiger partial charge in [-0.15, -0.1) is 0 Å². The summed E-state index contributed by atoms with van der Waals surface area (Å²) < 4.78 is 12.1. The number of amides is 2. The predicted octanol–water partition coefficient (Wildman–Crippen LogP) is 4.40. The number of carbonyl (C=O) groups is 2. The number of nitrogens with zero attached hydrogens (tertiary/aromatic N) is 1. The molecule has 2 aromatic rings. The Hall–Kier alpha value is -2.54. The van der Waals surface area contributed by atoms with E-state index in [2.05, 4.69) is 21.2 Å². The molecule has 7 heteroatoms. The van der Waals surface area contributed by atoms with Gasteiger partial charge in [-0.3, -0.25) is 9.59 Å². The Morgan fingerprint density at radius 3 is 2.42 bits per heavy atom. The van der Waals surface area contributed by atoms with Crippen LogP contribution in [-0.2, 0) is 16.1 Å². The summed E-state index contributed by atoms with van der Waals surface area (Å²) in [6.45, 7) is 8.35. The van der Waals surface area contributed by atoms with Gasteiger partial charge in [-0.05, 0) is 68.1 Å². The molecule has 0 spiro atoms. The van der Waals surface area contributed by atoms with Crippen LogP contribution in [0.3, 0.4) is 0 Å². The van der Waals surface area contributed by atoms with E-state index in [0.29, 0.717) is 18.0 Å². The molecule has 0 saturated heterocycles. The Bertz CT molecular complexity index is 893. The molecule has 0 radical (unpaired) electrons. The predicted molar refractivity (Wildman–Crippen MR) is 125 cm³/mol.